The van der Waals surface area contributed by atoms with Crippen molar-refractivity contribution in [2.45, 2.75) is 59.2 Å². The average Bonchev–Trinajstić information content (AvgIpc) is 2.74. The number of likely N-dealkylation sites (tertiary alicyclic amines) is 1. The minimum Gasteiger partial charge on any atom is -0.293 e. The van der Waals surface area contributed by atoms with Gasteiger partial charge in [-0.1, -0.05) is 58.0 Å². The quantitative estimate of drug-likeness (QED) is 0.763. The lowest BCUT2D eigenvalue weighted by molar-refractivity contribution is 0.123. The second-order valence-electron chi connectivity index (χ2n) is 6.36. The van der Waals surface area contributed by atoms with E-state index in [0.717, 1.165) is 30.5 Å². The lowest BCUT2D eigenvalue weighted by atomic mass is 10.0. The molecule has 1 aliphatic rings. The van der Waals surface area contributed by atoms with Crippen LogP contribution in [0.4, 0.5) is 0 Å². The lowest BCUT2D eigenvalue weighted by Crippen LogP contribution is -2.40. The van der Waals surface area contributed by atoms with Crippen molar-refractivity contribution in [1.29, 1.82) is 0 Å². The molecule has 1 heteroatoms. The zero-order valence-corrected chi connectivity index (χ0v) is 12.3. The Labute approximate surface area is 112 Å². The van der Waals surface area contributed by atoms with E-state index in [4.69, 9.17) is 0 Å². The summed E-state index contributed by atoms with van der Waals surface area (Å²) in [5.74, 6) is 1.52. The first-order valence-corrected chi connectivity index (χ1v) is 7.39. The predicted octanol–water partition coefficient (Wildman–Crippen LogP) is 4.33. The molecule has 1 saturated heterocycles. The Bertz CT molecular complexity index is 339. The van der Waals surface area contributed by atoms with Crippen molar-refractivity contribution in [3.63, 3.8) is 0 Å². The molecule has 1 heterocycles. The van der Waals surface area contributed by atoms with Crippen LogP contribution in [-0.2, 0) is 6.54 Å². The highest BCUT2D eigenvalue weighted by atomic mass is 15.2. The smallest absolute Gasteiger partial charge is 0.0239 e. The van der Waals surface area contributed by atoms with E-state index in [0.29, 0.717) is 0 Å². The van der Waals surface area contributed by atoms with E-state index in [-0.39, 0.29) is 0 Å². The summed E-state index contributed by atoms with van der Waals surface area (Å²) in [7, 11) is 0. The molecular weight excluding hydrogens is 218 g/mol. The first-order valence-electron chi connectivity index (χ1n) is 7.39. The molecule has 0 aliphatic carbocycles. The van der Waals surface area contributed by atoms with E-state index in [1.807, 2.05) is 0 Å². The summed E-state index contributed by atoms with van der Waals surface area (Å²) in [6.07, 6.45) is 2.74. The molecule has 0 saturated carbocycles. The van der Waals surface area contributed by atoms with Crippen LogP contribution in [0.2, 0.25) is 0 Å². The molecule has 1 aliphatic heterocycles. The topological polar surface area (TPSA) is 3.24 Å². The van der Waals surface area contributed by atoms with Gasteiger partial charge in [0.1, 0.15) is 0 Å². The third kappa shape index (κ3) is 2.95. The van der Waals surface area contributed by atoms with Crippen LogP contribution < -0.4 is 0 Å². The normalized spacial score (nSPS) is 25.2. The summed E-state index contributed by atoms with van der Waals surface area (Å²) in [6, 6.07) is 12.4. The van der Waals surface area contributed by atoms with Crippen molar-refractivity contribution >= 4 is 0 Å². The fourth-order valence-electron chi connectivity index (χ4n) is 3.38. The molecule has 2 rings (SSSR count). The molecule has 0 unspecified atom stereocenters. The van der Waals surface area contributed by atoms with E-state index in [9.17, 15) is 0 Å². The van der Waals surface area contributed by atoms with Crippen LogP contribution >= 0.6 is 0 Å². The Morgan fingerprint density at radius 3 is 1.89 bits per heavy atom. The van der Waals surface area contributed by atoms with Crippen LogP contribution in [0.15, 0.2) is 30.3 Å². The average molecular weight is 245 g/mol. The highest BCUT2D eigenvalue weighted by Crippen LogP contribution is 2.34. The second kappa shape index (κ2) is 5.88. The number of rotatable bonds is 4. The van der Waals surface area contributed by atoms with Gasteiger partial charge in [-0.2, -0.15) is 0 Å². The Hall–Kier alpha value is -0.820. The molecule has 1 nitrogen and oxygen atoms in total. The Balaban J connectivity index is 2.14. The van der Waals surface area contributed by atoms with E-state index in [2.05, 4.69) is 62.9 Å². The third-order valence-electron chi connectivity index (χ3n) is 4.36. The van der Waals surface area contributed by atoms with Gasteiger partial charge in [-0.3, -0.25) is 4.90 Å². The summed E-state index contributed by atoms with van der Waals surface area (Å²) in [5, 5.41) is 0. The highest BCUT2D eigenvalue weighted by Gasteiger charge is 2.36. The molecular formula is C17H27N. The van der Waals surface area contributed by atoms with Crippen LogP contribution in [0.25, 0.3) is 0 Å². The van der Waals surface area contributed by atoms with Crippen LogP contribution in [-0.4, -0.2) is 17.0 Å². The molecule has 1 fully saturated rings. The number of benzene rings is 1. The number of hydrogen-bond donors (Lipinski definition) is 0. The van der Waals surface area contributed by atoms with Gasteiger partial charge in [-0.05, 0) is 30.2 Å². The number of hydrogen-bond acceptors (Lipinski definition) is 1. The molecule has 0 amide bonds. The van der Waals surface area contributed by atoms with Crippen molar-refractivity contribution in [1.82, 2.24) is 4.90 Å². The van der Waals surface area contributed by atoms with E-state index in [1.54, 1.807) is 0 Å². The van der Waals surface area contributed by atoms with Gasteiger partial charge in [0.2, 0.25) is 0 Å². The molecule has 2 atom stereocenters. The molecule has 1 aromatic carbocycles. The van der Waals surface area contributed by atoms with E-state index >= 15 is 0 Å². The number of nitrogens with zero attached hydrogens (tertiary/aromatic N) is 1. The van der Waals surface area contributed by atoms with Crippen LogP contribution in [0.1, 0.15) is 46.1 Å². The molecule has 0 radical (unpaired) electrons. The Morgan fingerprint density at radius 1 is 0.944 bits per heavy atom. The van der Waals surface area contributed by atoms with Crippen molar-refractivity contribution < 1.29 is 0 Å². The maximum Gasteiger partial charge on any atom is 0.0239 e. The minimum absolute atomic E-state index is 0.762. The van der Waals surface area contributed by atoms with Gasteiger partial charge in [0, 0.05) is 18.6 Å². The van der Waals surface area contributed by atoms with E-state index in [1.165, 1.54) is 18.4 Å². The lowest BCUT2D eigenvalue weighted by Gasteiger charge is -2.34. The SMILES string of the molecule is CC(C)[C@H]1CC[C@@H](C(C)C)N1Cc1ccccc1. The molecule has 0 spiro atoms. The van der Waals surface area contributed by atoms with Crippen molar-refractivity contribution in [2.75, 3.05) is 0 Å². The summed E-state index contributed by atoms with van der Waals surface area (Å²) in [4.78, 5) is 2.75. The zero-order valence-electron chi connectivity index (χ0n) is 12.3. The first kappa shape index (κ1) is 13.6. The second-order valence-corrected chi connectivity index (χ2v) is 6.36. The minimum atomic E-state index is 0.762. The van der Waals surface area contributed by atoms with Gasteiger partial charge in [-0.25, -0.2) is 0 Å². The maximum absolute atomic E-state index is 2.75. The summed E-state index contributed by atoms with van der Waals surface area (Å²) in [6.45, 7) is 10.6. The third-order valence-corrected chi connectivity index (χ3v) is 4.36. The first-order chi connectivity index (χ1) is 8.59. The molecule has 100 valence electrons. The Kier molecular flexibility index (Phi) is 4.45. The van der Waals surface area contributed by atoms with Crippen LogP contribution in [0.5, 0.6) is 0 Å². The van der Waals surface area contributed by atoms with E-state index < -0.39 is 0 Å². The van der Waals surface area contributed by atoms with Crippen molar-refractivity contribution in [3.8, 4) is 0 Å². The molecule has 18 heavy (non-hydrogen) atoms. The fourth-order valence-corrected chi connectivity index (χ4v) is 3.38. The molecule has 0 N–H and O–H groups in total. The maximum atomic E-state index is 2.75. The van der Waals surface area contributed by atoms with Crippen molar-refractivity contribution in [2.24, 2.45) is 11.8 Å². The summed E-state index contributed by atoms with van der Waals surface area (Å²) >= 11 is 0. The zero-order chi connectivity index (χ0) is 13.1. The highest BCUT2D eigenvalue weighted by molar-refractivity contribution is 5.15. The van der Waals surface area contributed by atoms with Crippen molar-refractivity contribution in [3.05, 3.63) is 35.9 Å². The fraction of sp³-hybridized carbons (Fsp3) is 0.647. The molecule has 1 aromatic rings. The summed E-state index contributed by atoms with van der Waals surface area (Å²) < 4.78 is 0. The predicted molar refractivity (Wildman–Crippen MR) is 78.5 cm³/mol. The monoisotopic (exact) mass is 245 g/mol. The van der Waals surface area contributed by atoms with Gasteiger partial charge in [0.15, 0.2) is 0 Å². The van der Waals surface area contributed by atoms with Gasteiger partial charge in [-0.15, -0.1) is 0 Å². The van der Waals surface area contributed by atoms with Gasteiger partial charge in [0.05, 0.1) is 0 Å². The van der Waals surface area contributed by atoms with Gasteiger partial charge >= 0.3 is 0 Å². The largest absolute Gasteiger partial charge is 0.293 e. The van der Waals surface area contributed by atoms with Crippen LogP contribution in [0.3, 0.4) is 0 Å². The molecule has 0 aromatic heterocycles. The molecule has 0 bridgehead atoms. The standard InChI is InChI=1S/C17H27N/c1-13(2)16-10-11-17(14(3)4)18(16)12-15-8-6-5-7-9-15/h5-9,13-14,16-17H,10-12H2,1-4H3/t16-,17+. The van der Waals surface area contributed by atoms with Crippen LogP contribution in [0, 0.1) is 11.8 Å². The van der Waals surface area contributed by atoms with Gasteiger partial charge < -0.3 is 0 Å². The summed E-state index contributed by atoms with van der Waals surface area (Å²) in [5.41, 5.74) is 1.45. The Morgan fingerprint density at radius 2 is 1.44 bits per heavy atom. The van der Waals surface area contributed by atoms with Gasteiger partial charge in [0.25, 0.3) is 0 Å².